The highest BCUT2D eigenvalue weighted by molar-refractivity contribution is 7.99. The molecule has 1 atom stereocenters. The number of nitrogens with one attached hydrogen (secondary N) is 1. The van der Waals surface area contributed by atoms with Crippen molar-refractivity contribution in [3.8, 4) is 6.07 Å². The predicted octanol–water partition coefficient (Wildman–Crippen LogP) is 3.46. The molecule has 0 heterocycles. The number of rotatable bonds is 7. The quantitative estimate of drug-likeness (QED) is 0.809. The lowest BCUT2D eigenvalue weighted by Gasteiger charge is -2.11. The fourth-order valence-corrected chi connectivity index (χ4v) is 3.04. The van der Waals surface area contributed by atoms with Crippen LogP contribution in [0.15, 0.2) is 58.3 Å². The van der Waals surface area contributed by atoms with Gasteiger partial charge in [-0.05, 0) is 48.7 Å². The molecule has 2 N–H and O–H groups in total. The van der Waals surface area contributed by atoms with Crippen LogP contribution in [0.3, 0.4) is 0 Å². The zero-order chi connectivity index (χ0) is 17.4. The zero-order valence-corrected chi connectivity index (χ0v) is 14.3. The normalized spacial score (nSPS) is 11.5. The molecular formula is C19H20N2O2S. The first-order chi connectivity index (χ1) is 11.6. The van der Waals surface area contributed by atoms with Crippen molar-refractivity contribution in [1.82, 2.24) is 5.32 Å². The Hall–Kier alpha value is -2.29. The van der Waals surface area contributed by atoms with Crippen molar-refractivity contribution >= 4 is 17.7 Å². The summed E-state index contributed by atoms with van der Waals surface area (Å²) in [6.45, 7) is 2.67. The standard InChI is InChI=1S/C19H20N2O2S/c1-14(10-11-22)13-21-19(23)15-6-8-17(9-7-15)24-18-5-3-2-4-16(18)12-20/h2-9,14,22H,10-11,13H2,1H3,(H,21,23). The van der Waals surface area contributed by atoms with Gasteiger partial charge in [-0.25, -0.2) is 0 Å². The van der Waals surface area contributed by atoms with E-state index >= 15 is 0 Å². The number of hydrogen-bond acceptors (Lipinski definition) is 4. The second-order valence-corrected chi connectivity index (χ2v) is 6.68. The Morgan fingerprint density at radius 1 is 1.25 bits per heavy atom. The van der Waals surface area contributed by atoms with Crippen LogP contribution in [-0.2, 0) is 0 Å². The van der Waals surface area contributed by atoms with E-state index in [2.05, 4.69) is 11.4 Å². The minimum absolute atomic E-state index is 0.117. The number of carbonyl (C=O) groups excluding carboxylic acids is 1. The summed E-state index contributed by atoms with van der Waals surface area (Å²) in [5.41, 5.74) is 1.24. The Kier molecular flexibility index (Phi) is 6.86. The minimum Gasteiger partial charge on any atom is -0.396 e. The molecule has 2 aromatic carbocycles. The predicted molar refractivity (Wildman–Crippen MR) is 94.9 cm³/mol. The molecule has 0 aromatic heterocycles. The Morgan fingerprint density at radius 3 is 2.62 bits per heavy atom. The van der Waals surface area contributed by atoms with Crippen molar-refractivity contribution in [3.05, 3.63) is 59.7 Å². The second-order valence-electron chi connectivity index (χ2n) is 5.56. The van der Waals surface area contributed by atoms with Crippen molar-refractivity contribution in [2.75, 3.05) is 13.2 Å². The van der Waals surface area contributed by atoms with Crippen LogP contribution in [0.4, 0.5) is 0 Å². The average molecular weight is 340 g/mol. The Balaban J connectivity index is 1.98. The summed E-state index contributed by atoms with van der Waals surface area (Å²) in [5.74, 6) is 0.130. The number of carbonyl (C=O) groups is 1. The summed E-state index contributed by atoms with van der Waals surface area (Å²) >= 11 is 1.50. The van der Waals surface area contributed by atoms with Gasteiger partial charge in [-0.15, -0.1) is 0 Å². The summed E-state index contributed by atoms with van der Waals surface area (Å²) in [5, 5.41) is 20.9. The number of nitrogens with zero attached hydrogens (tertiary/aromatic N) is 1. The molecule has 1 unspecified atom stereocenters. The van der Waals surface area contributed by atoms with Gasteiger partial charge in [-0.3, -0.25) is 4.79 Å². The lowest BCUT2D eigenvalue weighted by molar-refractivity contribution is 0.0945. The van der Waals surface area contributed by atoms with Gasteiger partial charge in [0.05, 0.1) is 5.56 Å². The molecule has 2 aromatic rings. The van der Waals surface area contributed by atoms with Crippen molar-refractivity contribution in [2.45, 2.75) is 23.1 Å². The Labute approximate surface area is 146 Å². The van der Waals surface area contributed by atoms with E-state index in [1.165, 1.54) is 11.8 Å². The molecule has 1 amide bonds. The van der Waals surface area contributed by atoms with Crippen LogP contribution in [0.2, 0.25) is 0 Å². The van der Waals surface area contributed by atoms with Gasteiger partial charge in [0.25, 0.3) is 5.91 Å². The molecule has 4 nitrogen and oxygen atoms in total. The number of amides is 1. The maximum absolute atomic E-state index is 12.1. The maximum atomic E-state index is 12.1. The molecule has 0 bridgehead atoms. The van der Waals surface area contributed by atoms with Crippen molar-refractivity contribution in [3.63, 3.8) is 0 Å². The van der Waals surface area contributed by atoms with E-state index in [0.717, 1.165) is 9.79 Å². The second kappa shape index (κ2) is 9.11. The highest BCUT2D eigenvalue weighted by Crippen LogP contribution is 2.30. The van der Waals surface area contributed by atoms with Crippen LogP contribution in [0, 0.1) is 17.2 Å². The van der Waals surface area contributed by atoms with Crippen LogP contribution in [0.5, 0.6) is 0 Å². The van der Waals surface area contributed by atoms with E-state index < -0.39 is 0 Å². The molecule has 0 aliphatic carbocycles. The topological polar surface area (TPSA) is 73.1 Å². The third kappa shape index (κ3) is 5.12. The van der Waals surface area contributed by atoms with Crippen LogP contribution in [0.25, 0.3) is 0 Å². The van der Waals surface area contributed by atoms with Gasteiger partial charge < -0.3 is 10.4 Å². The fraction of sp³-hybridized carbons (Fsp3) is 0.263. The van der Waals surface area contributed by atoms with Crippen LogP contribution in [0.1, 0.15) is 29.3 Å². The average Bonchev–Trinajstić information content (AvgIpc) is 2.61. The van der Waals surface area contributed by atoms with Crippen molar-refractivity contribution < 1.29 is 9.90 Å². The van der Waals surface area contributed by atoms with E-state index in [9.17, 15) is 4.79 Å². The van der Waals surface area contributed by atoms with E-state index in [1.807, 2.05) is 37.3 Å². The first-order valence-electron chi connectivity index (χ1n) is 7.80. The van der Waals surface area contributed by atoms with Crippen LogP contribution >= 0.6 is 11.8 Å². The third-order valence-corrected chi connectivity index (χ3v) is 4.67. The number of aliphatic hydroxyl groups excluding tert-OH is 1. The van der Waals surface area contributed by atoms with Gasteiger partial charge in [0.1, 0.15) is 6.07 Å². The third-order valence-electron chi connectivity index (χ3n) is 3.58. The monoisotopic (exact) mass is 340 g/mol. The molecule has 0 saturated heterocycles. The van der Waals surface area contributed by atoms with Gasteiger partial charge >= 0.3 is 0 Å². The summed E-state index contributed by atoms with van der Waals surface area (Å²) < 4.78 is 0. The van der Waals surface area contributed by atoms with Crippen molar-refractivity contribution in [2.24, 2.45) is 5.92 Å². The first-order valence-corrected chi connectivity index (χ1v) is 8.61. The van der Waals surface area contributed by atoms with E-state index in [0.29, 0.717) is 24.1 Å². The van der Waals surface area contributed by atoms with Gasteiger partial charge in [0.15, 0.2) is 0 Å². The number of nitriles is 1. The minimum atomic E-state index is -0.117. The Bertz CT molecular complexity index is 723. The van der Waals surface area contributed by atoms with Gasteiger partial charge in [0, 0.05) is 28.5 Å². The summed E-state index contributed by atoms with van der Waals surface area (Å²) in [6.07, 6.45) is 0.675. The number of benzene rings is 2. The molecule has 124 valence electrons. The van der Waals surface area contributed by atoms with E-state index in [4.69, 9.17) is 10.4 Å². The molecule has 24 heavy (non-hydrogen) atoms. The molecule has 0 spiro atoms. The lowest BCUT2D eigenvalue weighted by Crippen LogP contribution is -2.28. The largest absolute Gasteiger partial charge is 0.396 e. The van der Waals surface area contributed by atoms with Crippen molar-refractivity contribution in [1.29, 1.82) is 5.26 Å². The molecule has 0 radical (unpaired) electrons. The highest BCUT2D eigenvalue weighted by atomic mass is 32.2. The first kappa shape index (κ1) is 18.1. The number of hydrogen-bond donors (Lipinski definition) is 2. The van der Waals surface area contributed by atoms with Gasteiger partial charge in [-0.2, -0.15) is 5.26 Å². The molecule has 0 fully saturated rings. The van der Waals surface area contributed by atoms with Crippen LogP contribution in [-0.4, -0.2) is 24.2 Å². The van der Waals surface area contributed by atoms with E-state index in [1.54, 1.807) is 18.2 Å². The summed E-state index contributed by atoms with van der Waals surface area (Å²) in [7, 11) is 0. The van der Waals surface area contributed by atoms with Gasteiger partial charge in [0.2, 0.25) is 0 Å². The molecule has 0 aliphatic heterocycles. The van der Waals surface area contributed by atoms with Crippen LogP contribution < -0.4 is 5.32 Å². The molecular weight excluding hydrogens is 320 g/mol. The highest BCUT2D eigenvalue weighted by Gasteiger charge is 2.09. The summed E-state index contributed by atoms with van der Waals surface area (Å²) in [6, 6.07) is 16.9. The lowest BCUT2D eigenvalue weighted by atomic mass is 10.1. The molecule has 0 aliphatic rings. The SMILES string of the molecule is CC(CCO)CNC(=O)c1ccc(Sc2ccccc2C#N)cc1. The van der Waals surface area contributed by atoms with Gasteiger partial charge in [-0.1, -0.05) is 30.8 Å². The smallest absolute Gasteiger partial charge is 0.251 e. The fourth-order valence-electron chi connectivity index (χ4n) is 2.14. The molecule has 2 rings (SSSR count). The number of aliphatic hydroxyl groups is 1. The maximum Gasteiger partial charge on any atom is 0.251 e. The zero-order valence-electron chi connectivity index (χ0n) is 13.5. The summed E-state index contributed by atoms with van der Waals surface area (Å²) in [4.78, 5) is 14.0. The van der Waals surface area contributed by atoms with E-state index in [-0.39, 0.29) is 18.4 Å². The Morgan fingerprint density at radius 2 is 1.96 bits per heavy atom. The molecule has 0 saturated carbocycles. The molecule has 5 heteroatoms.